The van der Waals surface area contributed by atoms with Crippen LogP contribution in [0, 0.1) is 0 Å². The zero-order chi connectivity index (χ0) is 21.2. The highest BCUT2D eigenvalue weighted by molar-refractivity contribution is 5.96. The summed E-state index contributed by atoms with van der Waals surface area (Å²) >= 11 is 0. The lowest BCUT2D eigenvalue weighted by atomic mass is 10.2. The Kier molecular flexibility index (Phi) is 8.02. The Morgan fingerprint density at radius 3 is 2.24 bits per heavy atom. The van der Waals surface area contributed by atoms with E-state index >= 15 is 0 Å². The van der Waals surface area contributed by atoms with E-state index in [-0.39, 0.29) is 5.56 Å². The summed E-state index contributed by atoms with van der Waals surface area (Å²) in [7, 11) is 1.48. The molecule has 0 aromatic heterocycles. The third kappa shape index (κ3) is 6.24. The van der Waals surface area contributed by atoms with Gasteiger partial charge < -0.3 is 14.4 Å². The van der Waals surface area contributed by atoms with E-state index < -0.39 is 24.4 Å². The summed E-state index contributed by atoms with van der Waals surface area (Å²) in [6.07, 6.45) is 0. The van der Waals surface area contributed by atoms with Crippen LogP contribution in [0.2, 0.25) is 0 Å². The van der Waals surface area contributed by atoms with Crippen LogP contribution in [0.15, 0.2) is 48.5 Å². The second-order valence-corrected chi connectivity index (χ2v) is 6.03. The van der Waals surface area contributed by atoms with Gasteiger partial charge in [-0.25, -0.2) is 4.79 Å². The summed E-state index contributed by atoms with van der Waals surface area (Å²) in [4.78, 5) is 38.1. The van der Waals surface area contributed by atoms with E-state index in [0.29, 0.717) is 11.3 Å². The van der Waals surface area contributed by atoms with Crippen molar-refractivity contribution in [2.45, 2.75) is 13.8 Å². The van der Waals surface area contributed by atoms with Crippen LogP contribution in [0.4, 0.5) is 5.69 Å². The minimum atomic E-state index is -0.669. The number of hydrogen-bond donors (Lipinski definition) is 2. The molecule has 0 aliphatic carbocycles. The standard InChI is InChI=1S/C21H25N3O5/c1-4-24(5-2)17-11-9-15(10-12-17)20(26)23-22-19(25)14-29-21(27)16-7-6-8-18(13-16)28-3/h6-13H,4-5,14H2,1-3H3,(H,22,25)(H,23,26). The van der Waals surface area contributed by atoms with Gasteiger partial charge >= 0.3 is 5.97 Å². The average Bonchev–Trinajstić information content (AvgIpc) is 2.77. The third-order valence-electron chi connectivity index (χ3n) is 4.21. The molecule has 0 atom stereocenters. The molecule has 0 heterocycles. The van der Waals surface area contributed by atoms with Crippen molar-refractivity contribution in [2.75, 3.05) is 31.7 Å². The van der Waals surface area contributed by atoms with Crippen molar-refractivity contribution >= 4 is 23.5 Å². The first-order chi connectivity index (χ1) is 14.0. The van der Waals surface area contributed by atoms with Crippen molar-refractivity contribution in [3.05, 3.63) is 59.7 Å². The fourth-order valence-corrected chi connectivity index (χ4v) is 2.61. The van der Waals surface area contributed by atoms with Crippen molar-refractivity contribution in [1.82, 2.24) is 10.9 Å². The molecule has 2 N–H and O–H groups in total. The van der Waals surface area contributed by atoms with E-state index in [4.69, 9.17) is 9.47 Å². The number of nitrogens with one attached hydrogen (secondary N) is 2. The molecule has 0 aliphatic rings. The zero-order valence-corrected chi connectivity index (χ0v) is 16.7. The van der Waals surface area contributed by atoms with E-state index in [0.717, 1.165) is 18.8 Å². The van der Waals surface area contributed by atoms with Crippen molar-refractivity contribution in [3.63, 3.8) is 0 Å². The minimum absolute atomic E-state index is 0.259. The number of methoxy groups -OCH3 is 1. The summed E-state index contributed by atoms with van der Waals surface area (Å²) in [5.41, 5.74) is 6.18. The SMILES string of the molecule is CCN(CC)c1ccc(C(=O)NNC(=O)COC(=O)c2cccc(OC)c2)cc1. The van der Waals surface area contributed by atoms with Crippen LogP contribution < -0.4 is 20.5 Å². The number of benzene rings is 2. The smallest absolute Gasteiger partial charge is 0.338 e. The van der Waals surface area contributed by atoms with Gasteiger partial charge in [-0.15, -0.1) is 0 Å². The van der Waals surface area contributed by atoms with Crippen molar-refractivity contribution in [1.29, 1.82) is 0 Å². The molecule has 154 valence electrons. The number of hydrazine groups is 1. The van der Waals surface area contributed by atoms with Gasteiger partial charge in [0.25, 0.3) is 11.8 Å². The topological polar surface area (TPSA) is 97.0 Å². The van der Waals surface area contributed by atoms with Gasteiger partial charge in [-0.05, 0) is 56.3 Å². The van der Waals surface area contributed by atoms with Gasteiger partial charge in [-0.3, -0.25) is 20.4 Å². The summed E-state index contributed by atoms with van der Waals surface area (Å²) in [5.74, 6) is -1.29. The van der Waals surface area contributed by atoms with E-state index in [1.807, 2.05) is 12.1 Å². The van der Waals surface area contributed by atoms with Crippen LogP contribution in [-0.4, -0.2) is 44.6 Å². The molecular weight excluding hydrogens is 374 g/mol. The molecule has 0 fully saturated rings. The number of ether oxygens (including phenoxy) is 2. The van der Waals surface area contributed by atoms with Crippen molar-refractivity contribution in [2.24, 2.45) is 0 Å². The van der Waals surface area contributed by atoms with Gasteiger partial charge in [0.2, 0.25) is 0 Å². The fraction of sp³-hybridized carbons (Fsp3) is 0.286. The molecule has 0 radical (unpaired) electrons. The van der Waals surface area contributed by atoms with Gasteiger partial charge in [0.1, 0.15) is 5.75 Å². The number of carbonyl (C=O) groups is 3. The molecule has 8 nitrogen and oxygen atoms in total. The highest BCUT2D eigenvalue weighted by atomic mass is 16.5. The Morgan fingerprint density at radius 2 is 1.62 bits per heavy atom. The highest BCUT2D eigenvalue weighted by Gasteiger charge is 2.12. The van der Waals surface area contributed by atoms with E-state index in [1.54, 1.807) is 30.3 Å². The van der Waals surface area contributed by atoms with Crippen molar-refractivity contribution < 1.29 is 23.9 Å². The molecule has 0 aliphatic heterocycles. The van der Waals surface area contributed by atoms with Gasteiger partial charge in [-0.1, -0.05) is 6.07 Å². The Bertz CT molecular complexity index is 848. The number of amides is 2. The lowest BCUT2D eigenvalue weighted by molar-refractivity contribution is -0.125. The second kappa shape index (κ2) is 10.7. The second-order valence-electron chi connectivity index (χ2n) is 6.03. The number of anilines is 1. The monoisotopic (exact) mass is 399 g/mol. The molecule has 0 bridgehead atoms. The lowest BCUT2D eigenvalue weighted by Gasteiger charge is -2.21. The molecule has 2 rings (SSSR count). The van der Waals surface area contributed by atoms with Gasteiger partial charge in [0.05, 0.1) is 12.7 Å². The maximum absolute atomic E-state index is 12.1. The van der Waals surface area contributed by atoms with E-state index in [9.17, 15) is 14.4 Å². The van der Waals surface area contributed by atoms with Crippen LogP contribution in [-0.2, 0) is 9.53 Å². The Hall–Kier alpha value is -3.55. The summed E-state index contributed by atoms with van der Waals surface area (Å²) in [6, 6.07) is 13.4. The molecule has 0 saturated carbocycles. The first kappa shape index (κ1) is 21.7. The largest absolute Gasteiger partial charge is 0.497 e. The quantitative estimate of drug-likeness (QED) is 0.522. The first-order valence-electron chi connectivity index (χ1n) is 9.23. The van der Waals surface area contributed by atoms with Crippen LogP contribution >= 0.6 is 0 Å². The molecule has 29 heavy (non-hydrogen) atoms. The van der Waals surface area contributed by atoms with Crippen LogP contribution in [0.5, 0.6) is 5.75 Å². The third-order valence-corrected chi connectivity index (χ3v) is 4.21. The zero-order valence-electron chi connectivity index (χ0n) is 16.7. The summed E-state index contributed by atoms with van der Waals surface area (Å²) in [5, 5.41) is 0. The summed E-state index contributed by atoms with van der Waals surface area (Å²) < 4.78 is 9.96. The fourth-order valence-electron chi connectivity index (χ4n) is 2.61. The Labute approximate surface area is 169 Å². The van der Waals surface area contributed by atoms with Gasteiger partial charge in [-0.2, -0.15) is 0 Å². The van der Waals surface area contributed by atoms with Gasteiger partial charge in [0.15, 0.2) is 6.61 Å². The maximum Gasteiger partial charge on any atom is 0.338 e. The molecule has 0 saturated heterocycles. The van der Waals surface area contributed by atoms with Crippen LogP contribution in [0.3, 0.4) is 0 Å². The number of rotatable bonds is 8. The number of hydrogen-bond acceptors (Lipinski definition) is 6. The predicted molar refractivity (Wildman–Crippen MR) is 109 cm³/mol. The first-order valence-corrected chi connectivity index (χ1v) is 9.23. The average molecular weight is 399 g/mol. The van der Waals surface area contributed by atoms with Crippen molar-refractivity contribution in [3.8, 4) is 5.75 Å². The molecule has 2 aromatic carbocycles. The Morgan fingerprint density at radius 1 is 0.931 bits per heavy atom. The molecule has 0 unspecified atom stereocenters. The van der Waals surface area contributed by atoms with Crippen LogP contribution in [0.1, 0.15) is 34.6 Å². The normalized spacial score (nSPS) is 10.0. The number of nitrogens with zero attached hydrogens (tertiary/aromatic N) is 1. The minimum Gasteiger partial charge on any atom is -0.497 e. The molecule has 2 amide bonds. The lowest BCUT2D eigenvalue weighted by Crippen LogP contribution is -2.43. The van der Waals surface area contributed by atoms with E-state index in [1.165, 1.54) is 13.2 Å². The number of esters is 1. The van der Waals surface area contributed by atoms with Crippen LogP contribution in [0.25, 0.3) is 0 Å². The highest BCUT2D eigenvalue weighted by Crippen LogP contribution is 2.15. The predicted octanol–water partition coefficient (Wildman–Crippen LogP) is 2.16. The number of carbonyl (C=O) groups excluding carboxylic acids is 3. The van der Waals surface area contributed by atoms with Gasteiger partial charge in [0, 0.05) is 24.3 Å². The van der Waals surface area contributed by atoms with E-state index in [2.05, 4.69) is 29.6 Å². The molecule has 2 aromatic rings. The maximum atomic E-state index is 12.1. The summed E-state index contributed by atoms with van der Waals surface area (Å²) in [6.45, 7) is 5.32. The molecule has 8 heteroatoms. The molecular formula is C21H25N3O5. The molecule has 0 spiro atoms. The Balaban J connectivity index is 1.81.